The molecule has 0 fully saturated rings. The zero-order chi connectivity index (χ0) is 14.4. The lowest BCUT2D eigenvalue weighted by Gasteiger charge is -2.09. The first kappa shape index (κ1) is 14.6. The van der Waals surface area contributed by atoms with Crippen LogP contribution in [0.15, 0.2) is 48.5 Å². The average Bonchev–Trinajstić information content (AvgIpc) is 2.47. The van der Waals surface area contributed by atoms with Gasteiger partial charge in [-0.05, 0) is 30.8 Å². The van der Waals surface area contributed by atoms with Crippen LogP contribution in [0.3, 0.4) is 0 Å². The Morgan fingerprint density at radius 2 is 1.95 bits per heavy atom. The molecule has 0 amide bonds. The highest BCUT2D eigenvalue weighted by molar-refractivity contribution is 6.32. The number of hydrogen-bond donors (Lipinski definition) is 1. The van der Waals surface area contributed by atoms with Crippen LogP contribution in [0.2, 0.25) is 5.02 Å². The SMILES string of the molecule is CNCC(=O)c1ccc(OCc2ccccc2)c(Cl)c1. The number of carbonyl (C=O) groups is 1. The molecular weight excluding hydrogens is 274 g/mol. The van der Waals surface area contributed by atoms with Gasteiger partial charge in [-0.15, -0.1) is 0 Å². The molecule has 0 saturated heterocycles. The monoisotopic (exact) mass is 289 g/mol. The molecule has 0 saturated carbocycles. The van der Waals surface area contributed by atoms with Gasteiger partial charge in [-0.3, -0.25) is 4.79 Å². The summed E-state index contributed by atoms with van der Waals surface area (Å²) in [4.78, 5) is 11.7. The number of Topliss-reactive ketones (excluding diaryl/α,β-unsaturated/α-hetero) is 1. The molecule has 2 aromatic carbocycles. The van der Waals surface area contributed by atoms with Crippen LogP contribution in [0, 0.1) is 0 Å². The molecule has 0 heterocycles. The van der Waals surface area contributed by atoms with Crippen molar-refractivity contribution in [1.29, 1.82) is 0 Å². The second kappa shape index (κ2) is 7.08. The fraction of sp³-hybridized carbons (Fsp3) is 0.188. The molecule has 0 bridgehead atoms. The van der Waals surface area contributed by atoms with Crippen molar-refractivity contribution >= 4 is 17.4 Å². The normalized spacial score (nSPS) is 10.3. The molecule has 0 aliphatic rings. The standard InChI is InChI=1S/C16H16ClNO2/c1-18-10-15(19)13-7-8-16(14(17)9-13)20-11-12-5-3-2-4-6-12/h2-9,18H,10-11H2,1H3. The van der Waals surface area contributed by atoms with E-state index in [1.54, 1.807) is 25.2 Å². The van der Waals surface area contributed by atoms with Crippen LogP contribution >= 0.6 is 11.6 Å². The van der Waals surface area contributed by atoms with Gasteiger partial charge in [0.1, 0.15) is 12.4 Å². The van der Waals surface area contributed by atoms with Crippen molar-refractivity contribution in [1.82, 2.24) is 5.32 Å². The molecular formula is C16H16ClNO2. The zero-order valence-electron chi connectivity index (χ0n) is 11.2. The van der Waals surface area contributed by atoms with E-state index in [9.17, 15) is 4.79 Å². The maximum absolute atomic E-state index is 11.7. The Balaban J connectivity index is 2.04. The molecule has 2 aromatic rings. The van der Waals surface area contributed by atoms with Gasteiger partial charge >= 0.3 is 0 Å². The third-order valence-electron chi connectivity index (χ3n) is 2.83. The fourth-order valence-electron chi connectivity index (χ4n) is 1.79. The van der Waals surface area contributed by atoms with Crippen LogP contribution in [0.1, 0.15) is 15.9 Å². The predicted molar refractivity (Wildman–Crippen MR) is 80.5 cm³/mol. The molecule has 0 unspecified atom stereocenters. The summed E-state index contributed by atoms with van der Waals surface area (Å²) in [6, 6.07) is 14.9. The highest BCUT2D eigenvalue weighted by atomic mass is 35.5. The lowest BCUT2D eigenvalue weighted by Crippen LogP contribution is -2.18. The van der Waals surface area contributed by atoms with E-state index in [1.165, 1.54) is 0 Å². The topological polar surface area (TPSA) is 38.3 Å². The molecule has 0 atom stereocenters. The van der Waals surface area contributed by atoms with Crippen LogP contribution in [-0.2, 0) is 6.61 Å². The molecule has 1 N–H and O–H groups in total. The summed E-state index contributed by atoms with van der Waals surface area (Å²) in [7, 11) is 1.73. The zero-order valence-corrected chi connectivity index (χ0v) is 12.0. The number of ether oxygens (including phenoxy) is 1. The highest BCUT2D eigenvalue weighted by Gasteiger charge is 2.09. The Bertz CT molecular complexity index is 584. The van der Waals surface area contributed by atoms with E-state index in [0.29, 0.717) is 29.5 Å². The summed E-state index contributed by atoms with van der Waals surface area (Å²) in [5.74, 6) is 0.584. The summed E-state index contributed by atoms with van der Waals surface area (Å²) in [5.41, 5.74) is 1.65. The Morgan fingerprint density at radius 1 is 1.20 bits per heavy atom. The first-order chi connectivity index (χ1) is 9.70. The largest absolute Gasteiger partial charge is 0.487 e. The first-order valence-electron chi connectivity index (χ1n) is 6.35. The van der Waals surface area contributed by atoms with E-state index in [1.807, 2.05) is 30.3 Å². The molecule has 2 rings (SSSR count). The van der Waals surface area contributed by atoms with E-state index in [4.69, 9.17) is 16.3 Å². The first-order valence-corrected chi connectivity index (χ1v) is 6.72. The van der Waals surface area contributed by atoms with Crippen molar-refractivity contribution < 1.29 is 9.53 Å². The summed E-state index contributed by atoms with van der Waals surface area (Å²) in [6.07, 6.45) is 0. The highest BCUT2D eigenvalue weighted by Crippen LogP contribution is 2.26. The van der Waals surface area contributed by atoms with Gasteiger partial charge in [-0.25, -0.2) is 0 Å². The number of benzene rings is 2. The van der Waals surface area contributed by atoms with Gasteiger partial charge in [0.25, 0.3) is 0 Å². The molecule has 104 valence electrons. The lowest BCUT2D eigenvalue weighted by atomic mass is 10.1. The lowest BCUT2D eigenvalue weighted by molar-refractivity contribution is 0.0993. The van der Waals surface area contributed by atoms with Crippen molar-refractivity contribution in [2.75, 3.05) is 13.6 Å². The predicted octanol–water partition coefficient (Wildman–Crippen LogP) is 3.32. The van der Waals surface area contributed by atoms with Crippen molar-refractivity contribution in [3.8, 4) is 5.75 Å². The smallest absolute Gasteiger partial charge is 0.176 e. The molecule has 0 aliphatic heterocycles. The van der Waals surface area contributed by atoms with Crippen LogP contribution in [-0.4, -0.2) is 19.4 Å². The van der Waals surface area contributed by atoms with Crippen molar-refractivity contribution in [3.05, 3.63) is 64.7 Å². The van der Waals surface area contributed by atoms with E-state index in [0.717, 1.165) is 5.56 Å². The molecule has 0 aliphatic carbocycles. The van der Waals surface area contributed by atoms with Crippen LogP contribution in [0.4, 0.5) is 0 Å². The van der Waals surface area contributed by atoms with Gasteiger partial charge in [-0.2, -0.15) is 0 Å². The Hall–Kier alpha value is -1.84. The minimum Gasteiger partial charge on any atom is -0.487 e. The number of rotatable bonds is 6. The second-order valence-corrected chi connectivity index (χ2v) is 4.78. The molecule has 0 spiro atoms. The van der Waals surface area contributed by atoms with Crippen molar-refractivity contribution in [2.24, 2.45) is 0 Å². The van der Waals surface area contributed by atoms with Gasteiger partial charge in [0.15, 0.2) is 5.78 Å². The molecule has 20 heavy (non-hydrogen) atoms. The number of nitrogens with one attached hydrogen (secondary N) is 1. The quantitative estimate of drug-likeness (QED) is 0.829. The van der Waals surface area contributed by atoms with Crippen LogP contribution < -0.4 is 10.1 Å². The summed E-state index contributed by atoms with van der Waals surface area (Å²) in [5, 5.41) is 3.27. The Kier molecular flexibility index (Phi) is 5.16. The third-order valence-corrected chi connectivity index (χ3v) is 3.12. The number of ketones is 1. The number of hydrogen-bond acceptors (Lipinski definition) is 3. The minimum atomic E-state index is 0.00371. The van der Waals surface area contributed by atoms with Crippen LogP contribution in [0.5, 0.6) is 5.75 Å². The molecule has 4 heteroatoms. The van der Waals surface area contributed by atoms with Gasteiger partial charge in [0.2, 0.25) is 0 Å². The molecule has 3 nitrogen and oxygen atoms in total. The van der Waals surface area contributed by atoms with Gasteiger partial charge in [-0.1, -0.05) is 41.9 Å². The van der Waals surface area contributed by atoms with E-state index >= 15 is 0 Å². The molecule has 0 aromatic heterocycles. The fourth-order valence-corrected chi connectivity index (χ4v) is 2.02. The third kappa shape index (κ3) is 3.83. The summed E-state index contributed by atoms with van der Waals surface area (Å²) in [6.45, 7) is 0.741. The number of carbonyl (C=O) groups excluding carboxylic acids is 1. The van der Waals surface area contributed by atoms with Crippen molar-refractivity contribution in [2.45, 2.75) is 6.61 Å². The van der Waals surface area contributed by atoms with Crippen molar-refractivity contribution in [3.63, 3.8) is 0 Å². The Labute approximate surface area is 123 Å². The van der Waals surface area contributed by atoms with E-state index in [-0.39, 0.29) is 5.78 Å². The maximum atomic E-state index is 11.7. The van der Waals surface area contributed by atoms with E-state index in [2.05, 4.69) is 5.32 Å². The maximum Gasteiger partial charge on any atom is 0.176 e. The van der Waals surface area contributed by atoms with E-state index < -0.39 is 0 Å². The van der Waals surface area contributed by atoms with Gasteiger partial charge in [0.05, 0.1) is 11.6 Å². The van der Waals surface area contributed by atoms with Gasteiger partial charge in [0, 0.05) is 5.56 Å². The second-order valence-electron chi connectivity index (χ2n) is 4.37. The summed E-state index contributed by atoms with van der Waals surface area (Å²) >= 11 is 6.14. The number of halogens is 1. The van der Waals surface area contributed by atoms with Gasteiger partial charge < -0.3 is 10.1 Å². The number of likely N-dealkylation sites (N-methyl/N-ethyl adjacent to an activating group) is 1. The minimum absolute atomic E-state index is 0.00371. The average molecular weight is 290 g/mol. The van der Waals surface area contributed by atoms with Crippen LogP contribution in [0.25, 0.3) is 0 Å². The summed E-state index contributed by atoms with van der Waals surface area (Å²) < 4.78 is 5.66. The Morgan fingerprint density at radius 3 is 2.60 bits per heavy atom. The molecule has 0 radical (unpaired) electrons.